The molecule has 2 aromatic heterocycles. The third-order valence-corrected chi connectivity index (χ3v) is 4.98. The predicted molar refractivity (Wildman–Crippen MR) is 115 cm³/mol. The predicted octanol–water partition coefficient (Wildman–Crippen LogP) is 3.68. The normalized spacial score (nSPS) is 11.3. The van der Waals surface area contributed by atoms with Crippen LogP contribution in [0.2, 0.25) is 0 Å². The van der Waals surface area contributed by atoms with Gasteiger partial charge in [0.05, 0.1) is 18.2 Å². The Hall–Kier alpha value is -3.81. The lowest BCUT2D eigenvalue weighted by molar-refractivity contribution is 0.0378. The summed E-state index contributed by atoms with van der Waals surface area (Å²) in [5, 5.41) is 13.5. The SMILES string of the molecule is Cc1ccc2c(Cn3nnc(-c4cccc(C(=O)OC(C)C)c4)n3)cc(=O)oc2c1C. The van der Waals surface area contributed by atoms with Gasteiger partial charge in [0.2, 0.25) is 5.82 Å². The number of tetrazole rings is 1. The van der Waals surface area contributed by atoms with Crippen LogP contribution in [0.5, 0.6) is 0 Å². The molecule has 0 spiro atoms. The van der Waals surface area contributed by atoms with Crippen LogP contribution in [0.1, 0.15) is 40.9 Å². The Balaban J connectivity index is 1.65. The number of aryl methyl sites for hydroxylation is 2. The first-order valence-electron chi connectivity index (χ1n) is 9.94. The Labute approximate surface area is 178 Å². The lowest BCUT2D eigenvalue weighted by Crippen LogP contribution is -2.11. The van der Waals surface area contributed by atoms with E-state index in [1.807, 2.05) is 26.0 Å². The van der Waals surface area contributed by atoms with Crippen LogP contribution in [0.25, 0.3) is 22.4 Å². The van der Waals surface area contributed by atoms with Crippen molar-refractivity contribution in [2.75, 3.05) is 0 Å². The summed E-state index contributed by atoms with van der Waals surface area (Å²) in [5.41, 5.74) is 3.92. The topological polar surface area (TPSA) is 100 Å². The maximum atomic E-state index is 12.2. The number of fused-ring (bicyclic) bond motifs is 1. The molecule has 0 N–H and O–H groups in total. The summed E-state index contributed by atoms with van der Waals surface area (Å²) < 4.78 is 10.7. The van der Waals surface area contributed by atoms with Crippen molar-refractivity contribution >= 4 is 16.9 Å². The van der Waals surface area contributed by atoms with Crippen LogP contribution in [-0.4, -0.2) is 32.3 Å². The van der Waals surface area contributed by atoms with Crippen molar-refractivity contribution in [1.82, 2.24) is 20.2 Å². The number of carbonyl (C=O) groups excluding carboxylic acids is 1. The van der Waals surface area contributed by atoms with Gasteiger partial charge in [0.25, 0.3) is 0 Å². The monoisotopic (exact) mass is 418 g/mol. The first kappa shape index (κ1) is 20.5. The number of rotatable bonds is 5. The van der Waals surface area contributed by atoms with E-state index in [2.05, 4.69) is 15.4 Å². The second-order valence-electron chi connectivity index (χ2n) is 7.65. The highest BCUT2D eigenvalue weighted by Crippen LogP contribution is 2.24. The second-order valence-corrected chi connectivity index (χ2v) is 7.65. The molecule has 8 nitrogen and oxygen atoms in total. The molecule has 0 saturated heterocycles. The van der Waals surface area contributed by atoms with Crippen molar-refractivity contribution in [3.63, 3.8) is 0 Å². The summed E-state index contributed by atoms with van der Waals surface area (Å²) in [4.78, 5) is 25.7. The fourth-order valence-corrected chi connectivity index (χ4v) is 3.30. The standard InChI is InChI=1S/C23H22N4O4/c1-13(2)30-23(29)17-7-5-6-16(10-17)22-24-26-27(25-22)12-18-11-20(28)31-21-15(4)14(3)8-9-19(18)21/h5-11,13H,12H2,1-4H3. The van der Waals surface area contributed by atoms with Gasteiger partial charge in [-0.3, -0.25) is 0 Å². The van der Waals surface area contributed by atoms with Gasteiger partial charge in [0.15, 0.2) is 0 Å². The summed E-state index contributed by atoms with van der Waals surface area (Å²) in [6.07, 6.45) is -0.207. The summed E-state index contributed by atoms with van der Waals surface area (Å²) >= 11 is 0. The summed E-state index contributed by atoms with van der Waals surface area (Å²) in [5.74, 6) is -0.0316. The number of benzene rings is 2. The first-order valence-corrected chi connectivity index (χ1v) is 9.94. The largest absolute Gasteiger partial charge is 0.459 e. The lowest BCUT2D eigenvalue weighted by Gasteiger charge is -2.08. The number of hydrogen-bond donors (Lipinski definition) is 0. The van der Waals surface area contributed by atoms with Crippen LogP contribution in [-0.2, 0) is 11.3 Å². The average Bonchev–Trinajstić information content (AvgIpc) is 3.19. The molecule has 0 aliphatic rings. The fraction of sp³-hybridized carbons (Fsp3) is 0.261. The van der Waals surface area contributed by atoms with Gasteiger partial charge < -0.3 is 9.15 Å². The molecule has 0 aliphatic heterocycles. The molecule has 0 fully saturated rings. The van der Waals surface area contributed by atoms with E-state index in [1.54, 1.807) is 38.1 Å². The van der Waals surface area contributed by atoms with Crippen LogP contribution >= 0.6 is 0 Å². The lowest BCUT2D eigenvalue weighted by atomic mass is 10.0. The number of nitrogens with zero attached hydrogens (tertiary/aromatic N) is 4. The molecule has 0 saturated carbocycles. The quantitative estimate of drug-likeness (QED) is 0.360. The van der Waals surface area contributed by atoms with E-state index in [9.17, 15) is 9.59 Å². The van der Waals surface area contributed by atoms with Crippen LogP contribution in [0.3, 0.4) is 0 Å². The molecular weight excluding hydrogens is 396 g/mol. The van der Waals surface area contributed by atoms with Crippen molar-refractivity contribution in [2.45, 2.75) is 40.3 Å². The second kappa shape index (κ2) is 8.14. The van der Waals surface area contributed by atoms with Crippen LogP contribution in [0, 0.1) is 13.8 Å². The molecule has 4 rings (SSSR count). The fourth-order valence-electron chi connectivity index (χ4n) is 3.30. The molecule has 0 radical (unpaired) electrons. The maximum Gasteiger partial charge on any atom is 0.338 e. The van der Waals surface area contributed by atoms with Gasteiger partial charge in [-0.2, -0.15) is 4.80 Å². The molecule has 2 heterocycles. The minimum absolute atomic E-state index is 0.207. The van der Waals surface area contributed by atoms with Crippen molar-refractivity contribution in [3.05, 3.63) is 75.1 Å². The third kappa shape index (κ3) is 4.23. The number of aromatic nitrogens is 4. The van der Waals surface area contributed by atoms with Gasteiger partial charge in [0.1, 0.15) is 5.58 Å². The molecule has 0 bridgehead atoms. The highest BCUT2D eigenvalue weighted by molar-refractivity contribution is 5.90. The highest BCUT2D eigenvalue weighted by Gasteiger charge is 2.14. The summed E-state index contributed by atoms with van der Waals surface area (Å²) in [6, 6.07) is 12.3. The van der Waals surface area contributed by atoms with Gasteiger partial charge in [-0.15, -0.1) is 10.2 Å². The van der Waals surface area contributed by atoms with E-state index in [0.717, 1.165) is 22.1 Å². The maximum absolute atomic E-state index is 12.2. The van der Waals surface area contributed by atoms with E-state index in [0.29, 0.717) is 22.5 Å². The molecule has 0 unspecified atom stereocenters. The van der Waals surface area contributed by atoms with Crippen molar-refractivity contribution in [1.29, 1.82) is 0 Å². The van der Waals surface area contributed by atoms with Gasteiger partial charge in [-0.25, -0.2) is 9.59 Å². The number of hydrogen-bond acceptors (Lipinski definition) is 7. The zero-order valence-corrected chi connectivity index (χ0v) is 17.7. The van der Waals surface area contributed by atoms with Crippen molar-refractivity contribution in [3.8, 4) is 11.4 Å². The summed E-state index contributed by atoms with van der Waals surface area (Å²) in [7, 11) is 0. The third-order valence-electron chi connectivity index (χ3n) is 4.98. The van der Waals surface area contributed by atoms with Gasteiger partial charge in [-0.1, -0.05) is 24.3 Å². The first-order chi connectivity index (χ1) is 14.8. The van der Waals surface area contributed by atoms with E-state index in [4.69, 9.17) is 9.15 Å². The van der Waals surface area contributed by atoms with Gasteiger partial charge in [-0.05, 0) is 61.7 Å². The highest BCUT2D eigenvalue weighted by atomic mass is 16.5. The van der Waals surface area contributed by atoms with Crippen molar-refractivity contribution < 1.29 is 13.9 Å². The molecule has 31 heavy (non-hydrogen) atoms. The molecule has 158 valence electrons. The zero-order valence-electron chi connectivity index (χ0n) is 17.7. The van der Waals surface area contributed by atoms with E-state index in [1.165, 1.54) is 10.9 Å². The average molecular weight is 418 g/mol. The molecule has 2 aromatic carbocycles. The van der Waals surface area contributed by atoms with Crippen molar-refractivity contribution in [2.24, 2.45) is 0 Å². The Morgan fingerprint density at radius 2 is 1.97 bits per heavy atom. The minimum Gasteiger partial charge on any atom is -0.459 e. The molecule has 0 amide bonds. The molecule has 8 heteroatoms. The van der Waals surface area contributed by atoms with Gasteiger partial charge >= 0.3 is 11.6 Å². The van der Waals surface area contributed by atoms with E-state index in [-0.39, 0.29) is 12.6 Å². The van der Waals surface area contributed by atoms with Crippen LogP contribution < -0.4 is 5.63 Å². The summed E-state index contributed by atoms with van der Waals surface area (Å²) in [6.45, 7) is 7.75. The molecule has 4 aromatic rings. The Morgan fingerprint density at radius 3 is 2.74 bits per heavy atom. The van der Waals surface area contributed by atoms with Crippen LogP contribution in [0.4, 0.5) is 0 Å². The van der Waals surface area contributed by atoms with Crippen LogP contribution in [0.15, 0.2) is 51.7 Å². The Morgan fingerprint density at radius 1 is 1.16 bits per heavy atom. The number of ether oxygens (including phenoxy) is 1. The number of esters is 1. The zero-order chi connectivity index (χ0) is 22.1. The smallest absolute Gasteiger partial charge is 0.338 e. The Bertz CT molecular complexity index is 1340. The van der Waals surface area contributed by atoms with Gasteiger partial charge in [0, 0.05) is 17.0 Å². The minimum atomic E-state index is -0.423. The van der Waals surface area contributed by atoms with E-state index >= 15 is 0 Å². The molecule has 0 aliphatic carbocycles. The Kier molecular flexibility index (Phi) is 5.37. The molecular formula is C23H22N4O4. The van der Waals surface area contributed by atoms with E-state index < -0.39 is 11.6 Å². The number of carbonyl (C=O) groups is 1. The molecule has 0 atom stereocenters.